The highest BCUT2D eigenvalue weighted by Gasteiger charge is 2.22. The largest absolute Gasteiger partial charge is 0.379 e. The monoisotopic (exact) mass is 475 g/mol. The molecule has 1 amide bonds. The molecule has 1 aliphatic rings. The SMILES string of the molecule is CCSc1ccc(C(=O)N(CCCN2CCOCC2)c2nc3ccc(Cl)cc3s2)cc1. The van der Waals surface area contributed by atoms with E-state index in [1.54, 1.807) is 11.8 Å². The van der Waals surface area contributed by atoms with Crippen molar-refractivity contribution in [1.29, 1.82) is 0 Å². The fraction of sp³-hybridized carbons (Fsp3) is 0.391. The molecule has 0 N–H and O–H groups in total. The van der Waals surface area contributed by atoms with Gasteiger partial charge in [-0.25, -0.2) is 4.98 Å². The average Bonchev–Trinajstić information content (AvgIpc) is 3.20. The Morgan fingerprint density at radius 2 is 2.00 bits per heavy atom. The fourth-order valence-electron chi connectivity index (χ4n) is 3.58. The van der Waals surface area contributed by atoms with E-state index < -0.39 is 0 Å². The van der Waals surface area contributed by atoms with E-state index in [0.29, 0.717) is 17.1 Å². The van der Waals surface area contributed by atoms with Crippen LogP contribution in [0.4, 0.5) is 5.13 Å². The number of carbonyl (C=O) groups is 1. The Morgan fingerprint density at radius 1 is 1.23 bits per heavy atom. The number of thiazole rings is 1. The van der Waals surface area contributed by atoms with Crippen LogP contribution in [0.2, 0.25) is 5.02 Å². The molecule has 1 saturated heterocycles. The van der Waals surface area contributed by atoms with Crippen molar-refractivity contribution in [2.75, 3.05) is 50.0 Å². The van der Waals surface area contributed by atoms with Crippen LogP contribution in [0.15, 0.2) is 47.4 Å². The summed E-state index contributed by atoms with van der Waals surface area (Å²) < 4.78 is 6.42. The van der Waals surface area contributed by atoms with Crippen molar-refractivity contribution in [2.45, 2.75) is 18.2 Å². The van der Waals surface area contributed by atoms with Crippen molar-refractivity contribution in [2.24, 2.45) is 0 Å². The van der Waals surface area contributed by atoms with E-state index in [9.17, 15) is 4.79 Å². The first-order valence-corrected chi connectivity index (χ1v) is 12.7. The third-order valence-corrected chi connectivity index (χ3v) is 7.36. The number of aromatic nitrogens is 1. The minimum Gasteiger partial charge on any atom is -0.379 e. The zero-order valence-electron chi connectivity index (χ0n) is 17.6. The van der Waals surface area contributed by atoms with Crippen molar-refractivity contribution in [3.8, 4) is 0 Å². The van der Waals surface area contributed by atoms with E-state index in [-0.39, 0.29) is 5.91 Å². The number of amides is 1. The first-order valence-electron chi connectivity index (χ1n) is 10.5. The lowest BCUT2D eigenvalue weighted by Crippen LogP contribution is -2.39. The molecule has 1 fully saturated rings. The first kappa shape index (κ1) is 22.6. The van der Waals surface area contributed by atoms with Crippen LogP contribution in [-0.2, 0) is 4.74 Å². The lowest BCUT2D eigenvalue weighted by atomic mass is 10.2. The number of anilines is 1. The number of morpholine rings is 1. The van der Waals surface area contributed by atoms with Gasteiger partial charge >= 0.3 is 0 Å². The van der Waals surface area contributed by atoms with Gasteiger partial charge in [-0.1, -0.05) is 29.9 Å². The maximum atomic E-state index is 13.5. The summed E-state index contributed by atoms with van der Waals surface area (Å²) in [5, 5.41) is 1.40. The quantitative estimate of drug-likeness (QED) is 0.406. The van der Waals surface area contributed by atoms with Gasteiger partial charge in [0, 0.05) is 41.7 Å². The zero-order valence-corrected chi connectivity index (χ0v) is 19.9. The third kappa shape index (κ3) is 5.79. The van der Waals surface area contributed by atoms with Gasteiger partial charge in [-0.3, -0.25) is 14.6 Å². The number of fused-ring (bicyclic) bond motifs is 1. The maximum absolute atomic E-state index is 13.5. The molecule has 0 atom stereocenters. The minimum absolute atomic E-state index is 0.0137. The van der Waals surface area contributed by atoms with Gasteiger partial charge in [-0.15, -0.1) is 11.8 Å². The van der Waals surface area contributed by atoms with Gasteiger partial charge < -0.3 is 4.74 Å². The Kier molecular flexibility index (Phi) is 7.85. The highest BCUT2D eigenvalue weighted by Crippen LogP contribution is 2.32. The van der Waals surface area contributed by atoms with Crippen LogP contribution in [0.1, 0.15) is 23.7 Å². The summed E-state index contributed by atoms with van der Waals surface area (Å²) in [5.74, 6) is 0.995. The number of benzene rings is 2. The highest BCUT2D eigenvalue weighted by molar-refractivity contribution is 7.99. The van der Waals surface area contributed by atoms with Crippen LogP contribution in [0.5, 0.6) is 0 Å². The second-order valence-corrected chi connectivity index (χ2v) is 10.1. The van der Waals surface area contributed by atoms with Crippen molar-refractivity contribution in [3.05, 3.63) is 53.1 Å². The number of ether oxygens (including phenoxy) is 1. The van der Waals surface area contributed by atoms with Gasteiger partial charge in [0.1, 0.15) is 0 Å². The summed E-state index contributed by atoms with van der Waals surface area (Å²) in [6, 6.07) is 13.5. The van der Waals surface area contributed by atoms with Gasteiger partial charge in [0.2, 0.25) is 0 Å². The topological polar surface area (TPSA) is 45.7 Å². The predicted molar refractivity (Wildman–Crippen MR) is 131 cm³/mol. The van der Waals surface area contributed by atoms with E-state index in [0.717, 1.165) is 60.4 Å². The van der Waals surface area contributed by atoms with Crippen molar-refractivity contribution in [1.82, 2.24) is 9.88 Å². The third-order valence-electron chi connectivity index (χ3n) is 5.19. The van der Waals surface area contributed by atoms with Crippen LogP contribution in [0.25, 0.3) is 10.2 Å². The summed E-state index contributed by atoms with van der Waals surface area (Å²) in [6.07, 6.45) is 0.881. The second-order valence-electron chi connectivity index (χ2n) is 7.33. The normalized spacial score (nSPS) is 14.8. The summed E-state index contributed by atoms with van der Waals surface area (Å²) in [4.78, 5) is 23.6. The van der Waals surface area contributed by atoms with Gasteiger partial charge in [0.25, 0.3) is 5.91 Å². The molecule has 0 saturated carbocycles. The number of halogens is 1. The summed E-state index contributed by atoms with van der Waals surface area (Å²) >= 11 is 9.44. The molecule has 0 aliphatic carbocycles. The van der Waals surface area contributed by atoms with Gasteiger partial charge in [-0.2, -0.15) is 0 Å². The van der Waals surface area contributed by atoms with Gasteiger partial charge in [0.15, 0.2) is 5.13 Å². The van der Waals surface area contributed by atoms with Crippen LogP contribution >= 0.6 is 34.7 Å². The van der Waals surface area contributed by atoms with E-state index in [4.69, 9.17) is 21.3 Å². The molecule has 4 rings (SSSR count). The number of nitrogens with zero attached hydrogens (tertiary/aromatic N) is 3. The lowest BCUT2D eigenvalue weighted by Gasteiger charge is -2.27. The highest BCUT2D eigenvalue weighted by atomic mass is 35.5. The molecule has 1 aromatic heterocycles. The molecule has 31 heavy (non-hydrogen) atoms. The van der Waals surface area contributed by atoms with Crippen LogP contribution in [0, 0.1) is 0 Å². The maximum Gasteiger partial charge on any atom is 0.260 e. The molecule has 0 radical (unpaired) electrons. The number of hydrogen-bond donors (Lipinski definition) is 0. The lowest BCUT2D eigenvalue weighted by molar-refractivity contribution is 0.0376. The van der Waals surface area contributed by atoms with Crippen LogP contribution in [0.3, 0.4) is 0 Å². The van der Waals surface area contributed by atoms with Crippen molar-refractivity contribution >= 4 is 56.0 Å². The Balaban J connectivity index is 1.55. The first-order chi connectivity index (χ1) is 15.1. The number of thioether (sulfide) groups is 1. The van der Waals surface area contributed by atoms with Gasteiger partial charge in [0.05, 0.1) is 23.4 Å². The molecule has 5 nitrogen and oxygen atoms in total. The molecule has 8 heteroatoms. The Morgan fingerprint density at radius 3 is 2.74 bits per heavy atom. The number of rotatable bonds is 8. The van der Waals surface area contributed by atoms with Crippen LogP contribution < -0.4 is 4.90 Å². The Labute approximate surface area is 196 Å². The minimum atomic E-state index is -0.0137. The summed E-state index contributed by atoms with van der Waals surface area (Å²) in [7, 11) is 0. The smallest absolute Gasteiger partial charge is 0.260 e. The predicted octanol–water partition coefficient (Wildman–Crippen LogP) is 5.43. The standard InChI is InChI=1S/C23H26ClN3O2S2/c1-2-30-19-7-4-17(5-8-19)22(28)27(11-3-10-26-12-14-29-15-13-26)23-25-20-9-6-18(24)16-21(20)31-23/h4-9,16H,2-3,10-15H2,1H3. The fourth-order valence-corrected chi connectivity index (χ4v) is 5.51. The summed E-state index contributed by atoms with van der Waals surface area (Å²) in [5.41, 5.74) is 1.55. The zero-order chi connectivity index (χ0) is 21.6. The molecule has 3 aromatic rings. The Bertz CT molecular complexity index is 1020. The molecule has 0 spiro atoms. The van der Waals surface area contributed by atoms with Crippen molar-refractivity contribution < 1.29 is 9.53 Å². The molecule has 2 aromatic carbocycles. The van der Waals surface area contributed by atoms with Crippen molar-refractivity contribution in [3.63, 3.8) is 0 Å². The molecule has 1 aliphatic heterocycles. The molecular formula is C23H26ClN3O2S2. The molecule has 164 valence electrons. The van der Waals surface area contributed by atoms with Gasteiger partial charge in [-0.05, 0) is 54.6 Å². The van der Waals surface area contributed by atoms with Crippen LogP contribution in [-0.4, -0.2) is 60.9 Å². The summed E-state index contributed by atoms with van der Waals surface area (Å²) in [6.45, 7) is 7.14. The average molecular weight is 476 g/mol. The molecular weight excluding hydrogens is 450 g/mol. The molecule has 0 unspecified atom stereocenters. The van der Waals surface area contributed by atoms with E-state index >= 15 is 0 Å². The van der Waals surface area contributed by atoms with E-state index in [1.807, 2.05) is 47.4 Å². The Hall–Kier alpha value is -1.64. The second kappa shape index (κ2) is 10.8. The molecule has 0 bridgehead atoms. The van der Waals surface area contributed by atoms with E-state index in [2.05, 4.69) is 11.8 Å². The number of hydrogen-bond acceptors (Lipinski definition) is 6. The number of carbonyl (C=O) groups excluding carboxylic acids is 1. The van der Waals surface area contributed by atoms with E-state index in [1.165, 1.54) is 16.2 Å². The molecule has 2 heterocycles.